The second kappa shape index (κ2) is 20.1. The zero-order valence-corrected chi connectivity index (χ0v) is 18.5. The van der Waals surface area contributed by atoms with Crippen LogP contribution in [0.3, 0.4) is 0 Å². The molecule has 2 rings (SSSR count). The van der Waals surface area contributed by atoms with Crippen LogP contribution >= 0.6 is 0 Å². The molecule has 0 radical (unpaired) electrons. The summed E-state index contributed by atoms with van der Waals surface area (Å²) in [6, 6.07) is 6.42. The standard InChI is InChI=1S/C9H9NO2.C6H13N.C4H10N2O2.C2H5NO2/c1-7(12)10-9-4-2-8(6-11)3-5-9;7-6-4-2-1-3-5-6;5-2-1-3(6)4(7)8;3-1-2(4)5/h2-6H,1H3,(H,10,12);6H,1-5,7H2;3H,1-2,5-6H2,(H,7,8);1,3H2,(H,4,5)/t;;3-;/m..0./s1. The summed E-state index contributed by atoms with van der Waals surface area (Å²) in [5.41, 5.74) is 21.6. The number of aldehydes is 1. The Morgan fingerprint density at radius 3 is 1.84 bits per heavy atom. The van der Waals surface area contributed by atoms with Gasteiger partial charge < -0.3 is 38.5 Å². The summed E-state index contributed by atoms with van der Waals surface area (Å²) in [6.07, 6.45) is 7.77. The highest BCUT2D eigenvalue weighted by atomic mass is 16.4. The smallest absolute Gasteiger partial charge is 0.320 e. The van der Waals surface area contributed by atoms with Gasteiger partial charge in [0.2, 0.25) is 5.91 Å². The van der Waals surface area contributed by atoms with E-state index in [4.69, 9.17) is 27.4 Å². The van der Waals surface area contributed by atoms with Crippen LogP contribution in [0, 0.1) is 0 Å². The number of rotatable bonds is 6. The summed E-state index contributed by atoms with van der Waals surface area (Å²) < 4.78 is 0. The SMILES string of the molecule is CC(=O)Nc1ccc(C=O)cc1.NC1CCCCC1.NCC(=O)O.NCC[C@H](N)C(=O)O. The van der Waals surface area contributed by atoms with Crippen molar-refractivity contribution in [3.8, 4) is 0 Å². The van der Waals surface area contributed by atoms with Gasteiger partial charge in [0.1, 0.15) is 12.3 Å². The van der Waals surface area contributed by atoms with E-state index >= 15 is 0 Å². The maximum absolute atomic E-state index is 10.6. The average Bonchev–Trinajstić information content (AvgIpc) is 2.76. The van der Waals surface area contributed by atoms with Crippen LogP contribution in [-0.4, -0.2) is 59.5 Å². The Morgan fingerprint density at radius 1 is 1.09 bits per heavy atom. The van der Waals surface area contributed by atoms with Crippen molar-refractivity contribution in [2.24, 2.45) is 22.9 Å². The van der Waals surface area contributed by atoms with Crippen molar-refractivity contribution in [1.82, 2.24) is 0 Å². The van der Waals surface area contributed by atoms with Crippen molar-refractivity contribution in [2.45, 2.75) is 57.5 Å². The second-order valence-corrected chi connectivity index (χ2v) is 6.94. The summed E-state index contributed by atoms with van der Waals surface area (Å²) in [7, 11) is 0. The predicted octanol–water partition coefficient (Wildman–Crippen LogP) is 0.512. The molecule has 11 nitrogen and oxygen atoms in total. The van der Waals surface area contributed by atoms with E-state index in [1.165, 1.54) is 39.0 Å². The Bertz CT molecular complexity index is 663. The molecular weight excluding hydrogens is 418 g/mol. The lowest BCUT2D eigenvalue weighted by Crippen LogP contribution is -2.32. The molecule has 11 N–H and O–H groups in total. The van der Waals surface area contributed by atoms with Crippen molar-refractivity contribution in [1.29, 1.82) is 0 Å². The number of amides is 1. The van der Waals surface area contributed by atoms with Crippen molar-refractivity contribution in [2.75, 3.05) is 18.4 Å². The molecule has 0 aromatic heterocycles. The van der Waals surface area contributed by atoms with Gasteiger partial charge in [-0.2, -0.15) is 0 Å². The molecule has 1 saturated carbocycles. The van der Waals surface area contributed by atoms with Gasteiger partial charge in [-0.1, -0.05) is 19.3 Å². The molecule has 0 heterocycles. The zero-order chi connectivity index (χ0) is 24.9. The van der Waals surface area contributed by atoms with Crippen LogP contribution in [0.2, 0.25) is 0 Å². The van der Waals surface area contributed by atoms with Crippen molar-refractivity contribution >= 4 is 29.8 Å². The number of nitrogens with two attached hydrogens (primary N) is 4. The molecule has 11 heteroatoms. The van der Waals surface area contributed by atoms with Gasteiger partial charge in [-0.3, -0.25) is 19.2 Å². The van der Waals surface area contributed by atoms with E-state index in [1.54, 1.807) is 24.3 Å². The minimum atomic E-state index is -0.990. The van der Waals surface area contributed by atoms with Crippen LogP contribution in [0.25, 0.3) is 0 Å². The molecule has 0 bridgehead atoms. The van der Waals surface area contributed by atoms with E-state index in [-0.39, 0.29) is 12.5 Å². The molecule has 1 aromatic rings. The lowest BCUT2D eigenvalue weighted by Gasteiger charge is -2.15. The molecule has 0 saturated heterocycles. The fourth-order valence-electron chi connectivity index (χ4n) is 2.29. The topological polar surface area (TPSA) is 225 Å². The minimum Gasteiger partial charge on any atom is -0.480 e. The van der Waals surface area contributed by atoms with E-state index in [9.17, 15) is 19.2 Å². The highest BCUT2D eigenvalue weighted by molar-refractivity contribution is 5.89. The largest absolute Gasteiger partial charge is 0.480 e. The third-order valence-electron chi connectivity index (χ3n) is 3.99. The number of hydrogen-bond donors (Lipinski definition) is 7. The normalized spacial score (nSPS) is 13.4. The van der Waals surface area contributed by atoms with Gasteiger partial charge in [0.25, 0.3) is 0 Å². The van der Waals surface area contributed by atoms with Crippen molar-refractivity contribution < 1.29 is 29.4 Å². The molecule has 1 aromatic carbocycles. The quantitative estimate of drug-likeness (QED) is 0.294. The van der Waals surface area contributed by atoms with Crippen LogP contribution in [0.1, 0.15) is 55.8 Å². The number of carboxylic acid groups (broad SMARTS) is 2. The van der Waals surface area contributed by atoms with Gasteiger partial charge in [0.15, 0.2) is 0 Å². The highest BCUT2D eigenvalue weighted by Crippen LogP contribution is 2.14. The van der Waals surface area contributed by atoms with Crippen LogP contribution in [0.4, 0.5) is 5.69 Å². The highest BCUT2D eigenvalue weighted by Gasteiger charge is 2.08. The molecule has 1 aliphatic rings. The summed E-state index contributed by atoms with van der Waals surface area (Å²) in [5, 5.41) is 18.3. The number of hydrogen-bond acceptors (Lipinski definition) is 8. The number of benzene rings is 1. The molecule has 0 unspecified atom stereocenters. The first-order valence-corrected chi connectivity index (χ1v) is 10.3. The van der Waals surface area contributed by atoms with E-state index in [2.05, 4.69) is 11.1 Å². The van der Waals surface area contributed by atoms with Gasteiger partial charge in [-0.15, -0.1) is 0 Å². The van der Waals surface area contributed by atoms with Crippen molar-refractivity contribution in [3.63, 3.8) is 0 Å². The van der Waals surface area contributed by atoms with Gasteiger partial charge in [-0.25, -0.2) is 0 Å². The van der Waals surface area contributed by atoms with Gasteiger partial charge in [0.05, 0.1) is 6.54 Å². The number of aliphatic carboxylic acids is 2. The van der Waals surface area contributed by atoms with Crippen LogP contribution in [-0.2, 0) is 14.4 Å². The maximum atomic E-state index is 10.6. The Kier molecular flexibility index (Phi) is 19.6. The minimum absolute atomic E-state index is 0.117. The molecule has 1 amide bonds. The first-order chi connectivity index (χ1) is 15.1. The summed E-state index contributed by atoms with van der Waals surface area (Å²) >= 11 is 0. The summed E-state index contributed by atoms with van der Waals surface area (Å²) in [4.78, 5) is 40.0. The Hall–Kier alpha value is -2.86. The number of anilines is 1. The van der Waals surface area contributed by atoms with Crippen LogP contribution in [0.15, 0.2) is 24.3 Å². The van der Waals surface area contributed by atoms with Gasteiger partial charge in [-0.05, 0) is 50.1 Å². The monoisotopic (exact) mass is 455 g/mol. The van der Waals surface area contributed by atoms with Crippen LogP contribution < -0.4 is 28.3 Å². The lowest BCUT2D eigenvalue weighted by atomic mass is 9.97. The first kappa shape index (κ1) is 31.3. The maximum Gasteiger partial charge on any atom is 0.320 e. The number of carbonyl (C=O) groups excluding carboxylic acids is 2. The number of nitrogens with one attached hydrogen (secondary N) is 1. The third-order valence-corrected chi connectivity index (χ3v) is 3.99. The molecule has 1 atom stereocenters. The Balaban J connectivity index is 0. The van der Waals surface area contributed by atoms with E-state index in [1.807, 2.05) is 0 Å². The third kappa shape index (κ3) is 20.4. The molecule has 1 aliphatic carbocycles. The first-order valence-electron chi connectivity index (χ1n) is 10.3. The molecule has 0 aliphatic heterocycles. The molecule has 0 spiro atoms. The van der Waals surface area contributed by atoms with Gasteiger partial charge in [0, 0.05) is 24.2 Å². The van der Waals surface area contributed by atoms with Gasteiger partial charge >= 0.3 is 11.9 Å². The molecule has 1 fully saturated rings. The van der Waals surface area contributed by atoms with E-state index < -0.39 is 18.0 Å². The lowest BCUT2D eigenvalue weighted by molar-refractivity contribution is -0.138. The van der Waals surface area contributed by atoms with E-state index in [0.717, 1.165) is 6.29 Å². The average molecular weight is 456 g/mol. The van der Waals surface area contributed by atoms with E-state index in [0.29, 0.717) is 30.3 Å². The zero-order valence-electron chi connectivity index (χ0n) is 18.5. The predicted molar refractivity (Wildman–Crippen MR) is 123 cm³/mol. The Morgan fingerprint density at radius 2 is 1.59 bits per heavy atom. The fourth-order valence-corrected chi connectivity index (χ4v) is 2.29. The molecular formula is C21H37N5O6. The Labute approximate surface area is 188 Å². The fraction of sp³-hybridized carbons (Fsp3) is 0.524. The number of carboxylic acids is 2. The second-order valence-electron chi connectivity index (χ2n) is 6.94. The van der Waals surface area contributed by atoms with Crippen molar-refractivity contribution in [3.05, 3.63) is 29.8 Å². The summed E-state index contributed by atoms with van der Waals surface area (Å²) in [5.74, 6) is -2.07. The molecule has 182 valence electrons. The molecule has 32 heavy (non-hydrogen) atoms. The summed E-state index contributed by atoms with van der Waals surface area (Å²) in [6.45, 7) is 1.49. The van der Waals surface area contributed by atoms with Crippen LogP contribution in [0.5, 0.6) is 0 Å². The number of carbonyl (C=O) groups is 4.